The maximum absolute atomic E-state index is 5.76. The molecule has 0 N–H and O–H groups in total. The van der Waals surface area contributed by atoms with Crippen LogP contribution in [0.1, 0.15) is 26.7 Å². The molecule has 0 spiro atoms. The van der Waals surface area contributed by atoms with Gasteiger partial charge in [-0.3, -0.25) is 0 Å². The van der Waals surface area contributed by atoms with Gasteiger partial charge in [0.1, 0.15) is 11.9 Å². The molecule has 1 nitrogen and oxygen atoms in total. The maximum atomic E-state index is 5.76. The van der Waals surface area contributed by atoms with Crippen molar-refractivity contribution in [3.8, 4) is 0 Å². The van der Waals surface area contributed by atoms with Crippen molar-refractivity contribution >= 4 is 0 Å². The number of hydrogen-bond acceptors (Lipinski definition) is 1. The molecule has 12 heavy (non-hydrogen) atoms. The number of rotatable bonds is 2. The molecule has 1 unspecified atom stereocenters. The first-order chi connectivity index (χ1) is 5.86. The summed E-state index contributed by atoms with van der Waals surface area (Å²) in [5.41, 5.74) is 2.81. The SMILES string of the molecule is CCC1=C2C=CC=C2OC1CC. The normalized spacial score (nSPS) is 25.8. The molecule has 64 valence electrons. The summed E-state index contributed by atoms with van der Waals surface area (Å²) in [7, 11) is 0. The van der Waals surface area contributed by atoms with Gasteiger partial charge in [0.2, 0.25) is 0 Å². The molecule has 0 fully saturated rings. The molecule has 0 aromatic rings. The molecule has 1 heteroatoms. The van der Waals surface area contributed by atoms with Crippen LogP contribution in [0, 0.1) is 0 Å². The van der Waals surface area contributed by atoms with Gasteiger partial charge >= 0.3 is 0 Å². The van der Waals surface area contributed by atoms with E-state index in [0.717, 1.165) is 18.6 Å². The Hall–Kier alpha value is -0.980. The van der Waals surface area contributed by atoms with Crippen molar-refractivity contribution in [2.45, 2.75) is 32.8 Å². The molecule has 2 aliphatic rings. The van der Waals surface area contributed by atoms with Crippen molar-refractivity contribution in [1.29, 1.82) is 0 Å². The lowest BCUT2D eigenvalue weighted by Crippen LogP contribution is -2.07. The van der Waals surface area contributed by atoms with Crippen LogP contribution in [-0.2, 0) is 4.74 Å². The fraction of sp³-hybridized carbons (Fsp3) is 0.455. The lowest BCUT2D eigenvalue weighted by atomic mass is 10.0. The van der Waals surface area contributed by atoms with Crippen LogP contribution < -0.4 is 0 Å². The van der Waals surface area contributed by atoms with Gasteiger partial charge in [0.05, 0.1) is 0 Å². The van der Waals surface area contributed by atoms with Gasteiger partial charge in [0.25, 0.3) is 0 Å². The second-order valence-electron chi connectivity index (χ2n) is 3.20. The lowest BCUT2D eigenvalue weighted by Gasteiger charge is -2.11. The van der Waals surface area contributed by atoms with Crippen molar-refractivity contribution in [2.24, 2.45) is 0 Å². The third-order valence-electron chi connectivity index (χ3n) is 2.53. The van der Waals surface area contributed by atoms with Crippen LogP contribution in [0.4, 0.5) is 0 Å². The average molecular weight is 162 g/mol. The molecule has 2 rings (SSSR count). The van der Waals surface area contributed by atoms with E-state index in [-0.39, 0.29) is 0 Å². The standard InChI is InChI=1S/C11H14O/c1-3-8-9-6-5-7-11(9)12-10(8)4-2/h5-7,10H,3-4H2,1-2H3. The summed E-state index contributed by atoms with van der Waals surface area (Å²) in [5, 5.41) is 0. The Labute approximate surface area is 73.4 Å². The average Bonchev–Trinajstić information content (AvgIpc) is 2.61. The molecule has 0 amide bonds. The van der Waals surface area contributed by atoms with Crippen LogP contribution in [0.3, 0.4) is 0 Å². The molecule has 1 heterocycles. The first-order valence-electron chi connectivity index (χ1n) is 4.65. The Bertz CT molecular complexity index is 281. The minimum atomic E-state index is 0.348. The van der Waals surface area contributed by atoms with Crippen LogP contribution in [0.25, 0.3) is 0 Å². The Balaban J connectivity index is 2.36. The topological polar surface area (TPSA) is 9.23 Å². The third kappa shape index (κ3) is 0.927. The second-order valence-corrected chi connectivity index (χ2v) is 3.20. The van der Waals surface area contributed by atoms with Crippen molar-refractivity contribution in [1.82, 2.24) is 0 Å². The van der Waals surface area contributed by atoms with Crippen LogP contribution in [-0.4, -0.2) is 6.10 Å². The number of fused-ring (bicyclic) bond motifs is 1. The summed E-state index contributed by atoms with van der Waals surface area (Å²) in [4.78, 5) is 0. The first-order valence-corrected chi connectivity index (χ1v) is 4.65. The number of ether oxygens (including phenoxy) is 1. The van der Waals surface area contributed by atoms with Gasteiger partial charge in [-0.25, -0.2) is 0 Å². The van der Waals surface area contributed by atoms with Gasteiger partial charge in [0.15, 0.2) is 0 Å². The molecule has 0 bridgehead atoms. The van der Waals surface area contributed by atoms with E-state index in [4.69, 9.17) is 4.74 Å². The zero-order valence-electron chi connectivity index (χ0n) is 7.63. The van der Waals surface area contributed by atoms with Gasteiger partial charge in [0, 0.05) is 5.57 Å². The predicted octanol–water partition coefficient (Wildman–Crippen LogP) is 2.96. The molecule has 0 aromatic carbocycles. The molecule has 1 aliphatic carbocycles. The quantitative estimate of drug-likeness (QED) is 0.606. The predicted molar refractivity (Wildman–Crippen MR) is 49.7 cm³/mol. The summed E-state index contributed by atoms with van der Waals surface area (Å²) in [6.07, 6.45) is 8.81. The monoisotopic (exact) mass is 162 g/mol. The largest absolute Gasteiger partial charge is 0.485 e. The Morgan fingerprint density at radius 3 is 2.92 bits per heavy atom. The van der Waals surface area contributed by atoms with E-state index < -0.39 is 0 Å². The molecule has 0 aromatic heterocycles. The summed E-state index contributed by atoms with van der Waals surface area (Å²) in [5.74, 6) is 1.08. The van der Waals surface area contributed by atoms with E-state index in [1.54, 1.807) is 0 Å². The molecular weight excluding hydrogens is 148 g/mol. The fourth-order valence-electron chi connectivity index (χ4n) is 1.92. The van der Waals surface area contributed by atoms with Gasteiger partial charge in [-0.05, 0) is 24.5 Å². The third-order valence-corrected chi connectivity index (χ3v) is 2.53. The summed E-state index contributed by atoms with van der Waals surface area (Å²) < 4.78 is 5.76. The van der Waals surface area contributed by atoms with Gasteiger partial charge in [-0.15, -0.1) is 0 Å². The van der Waals surface area contributed by atoms with Crippen molar-refractivity contribution < 1.29 is 4.74 Å². The van der Waals surface area contributed by atoms with Gasteiger partial charge in [-0.2, -0.15) is 0 Å². The molecule has 0 radical (unpaired) electrons. The first kappa shape index (κ1) is 7.66. The minimum absolute atomic E-state index is 0.348. The molecule has 1 aliphatic heterocycles. The van der Waals surface area contributed by atoms with E-state index in [2.05, 4.69) is 32.1 Å². The Morgan fingerprint density at radius 2 is 2.25 bits per heavy atom. The zero-order valence-corrected chi connectivity index (χ0v) is 7.63. The second kappa shape index (κ2) is 2.81. The van der Waals surface area contributed by atoms with Crippen molar-refractivity contribution in [2.75, 3.05) is 0 Å². The van der Waals surface area contributed by atoms with Gasteiger partial charge in [-0.1, -0.05) is 26.0 Å². The highest BCUT2D eigenvalue weighted by molar-refractivity contribution is 5.52. The summed E-state index contributed by atoms with van der Waals surface area (Å²) in [6.45, 7) is 4.37. The fourth-order valence-corrected chi connectivity index (χ4v) is 1.92. The van der Waals surface area contributed by atoms with Crippen LogP contribution >= 0.6 is 0 Å². The molecular formula is C11H14O. The van der Waals surface area contributed by atoms with Crippen LogP contribution in [0.5, 0.6) is 0 Å². The summed E-state index contributed by atoms with van der Waals surface area (Å²) in [6, 6.07) is 0. The van der Waals surface area contributed by atoms with E-state index in [1.165, 1.54) is 11.1 Å². The van der Waals surface area contributed by atoms with E-state index in [9.17, 15) is 0 Å². The van der Waals surface area contributed by atoms with E-state index in [1.807, 2.05) is 0 Å². The van der Waals surface area contributed by atoms with E-state index >= 15 is 0 Å². The van der Waals surface area contributed by atoms with Crippen molar-refractivity contribution in [3.05, 3.63) is 35.1 Å². The highest BCUT2D eigenvalue weighted by Gasteiger charge is 2.28. The van der Waals surface area contributed by atoms with Crippen molar-refractivity contribution in [3.63, 3.8) is 0 Å². The highest BCUT2D eigenvalue weighted by Crippen LogP contribution is 2.36. The highest BCUT2D eigenvalue weighted by atomic mass is 16.5. The smallest absolute Gasteiger partial charge is 0.127 e. The Kier molecular flexibility index (Phi) is 1.80. The minimum Gasteiger partial charge on any atom is -0.485 e. The molecule has 1 atom stereocenters. The van der Waals surface area contributed by atoms with Crippen LogP contribution in [0.15, 0.2) is 35.1 Å². The zero-order chi connectivity index (χ0) is 8.55. The maximum Gasteiger partial charge on any atom is 0.127 e. The molecule has 0 saturated heterocycles. The lowest BCUT2D eigenvalue weighted by molar-refractivity contribution is 0.168. The summed E-state index contributed by atoms with van der Waals surface area (Å²) >= 11 is 0. The molecule has 0 saturated carbocycles. The van der Waals surface area contributed by atoms with Gasteiger partial charge < -0.3 is 4.74 Å². The van der Waals surface area contributed by atoms with Crippen LogP contribution in [0.2, 0.25) is 0 Å². The number of allylic oxidation sites excluding steroid dienone is 3. The number of hydrogen-bond donors (Lipinski definition) is 0. The van der Waals surface area contributed by atoms with E-state index in [0.29, 0.717) is 6.10 Å². The Morgan fingerprint density at radius 1 is 1.42 bits per heavy atom.